The maximum atomic E-state index is 5.79. The molecule has 1 heterocycles. The summed E-state index contributed by atoms with van der Waals surface area (Å²) < 4.78 is 11.3. The molecule has 21 heavy (non-hydrogen) atoms. The molecule has 5 heteroatoms. The van der Waals surface area contributed by atoms with E-state index in [-0.39, 0.29) is 0 Å². The second kappa shape index (κ2) is 7.47. The van der Waals surface area contributed by atoms with E-state index in [4.69, 9.17) is 9.47 Å². The molecule has 0 aliphatic heterocycles. The predicted octanol–water partition coefficient (Wildman–Crippen LogP) is 3.19. The number of ether oxygens (including phenoxy) is 2. The lowest BCUT2D eigenvalue weighted by atomic mass is 10.3. The highest BCUT2D eigenvalue weighted by Gasteiger charge is 2.06. The summed E-state index contributed by atoms with van der Waals surface area (Å²) in [6.07, 6.45) is 0. The van der Waals surface area contributed by atoms with E-state index in [9.17, 15) is 0 Å². The van der Waals surface area contributed by atoms with Gasteiger partial charge in [0.2, 0.25) is 0 Å². The number of aromatic nitrogens is 2. The molecule has 0 fully saturated rings. The standard InChI is InChI=1S/C16H21N3O2/c1-4-17-15-10-12(3)18-16(19-15)11-21-14-9-7-6-8-13(14)20-5-2/h6-10H,4-5,11H2,1-3H3,(H,17,18,19). The predicted molar refractivity (Wildman–Crippen MR) is 82.9 cm³/mol. The van der Waals surface area contributed by atoms with E-state index in [1.54, 1.807) is 0 Å². The minimum absolute atomic E-state index is 0.310. The molecule has 0 aliphatic carbocycles. The molecule has 5 nitrogen and oxygen atoms in total. The van der Waals surface area contributed by atoms with Crippen molar-refractivity contribution in [3.63, 3.8) is 0 Å². The van der Waals surface area contributed by atoms with Gasteiger partial charge in [-0.15, -0.1) is 0 Å². The number of aryl methyl sites for hydroxylation is 1. The first-order valence-corrected chi connectivity index (χ1v) is 7.16. The van der Waals surface area contributed by atoms with Crippen LogP contribution in [0.4, 0.5) is 5.82 Å². The number of hydrogen-bond acceptors (Lipinski definition) is 5. The van der Waals surface area contributed by atoms with Crippen molar-refractivity contribution in [2.45, 2.75) is 27.4 Å². The van der Waals surface area contributed by atoms with Gasteiger partial charge in [-0.25, -0.2) is 9.97 Å². The molecule has 2 aromatic rings. The highest BCUT2D eigenvalue weighted by atomic mass is 16.5. The molecule has 0 saturated heterocycles. The minimum Gasteiger partial charge on any atom is -0.490 e. The Balaban J connectivity index is 2.09. The fourth-order valence-electron chi connectivity index (χ4n) is 1.95. The van der Waals surface area contributed by atoms with Crippen LogP contribution in [-0.2, 0) is 6.61 Å². The van der Waals surface area contributed by atoms with Crippen molar-refractivity contribution in [2.24, 2.45) is 0 Å². The minimum atomic E-state index is 0.310. The fourth-order valence-corrected chi connectivity index (χ4v) is 1.95. The number of nitrogens with one attached hydrogen (secondary N) is 1. The van der Waals surface area contributed by atoms with Crippen molar-refractivity contribution in [3.05, 3.63) is 41.9 Å². The van der Waals surface area contributed by atoms with Gasteiger partial charge in [0, 0.05) is 18.3 Å². The van der Waals surface area contributed by atoms with Gasteiger partial charge < -0.3 is 14.8 Å². The van der Waals surface area contributed by atoms with Crippen molar-refractivity contribution in [1.82, 2.24) is 9.97 Å². The third kappa shape index (κ3) is 4.34. The smallest absolute Gasteiger partial charge is 0.168 e. The van der Waals surface area contributed by atoms with Crippen molar-refractivity contribution >= 4 is 5.82 Å². The summed E-state index contributed by atoms with van der Waals surface area (Å²) in [6.45, 7) is 7.66. The first-order valence-electron chi connectivity index (χ1n) is 7.16. The van der Waals surface area contributed by atoms with Crippen LogP contribution >= 0.6 is 0 Å². The molecule has 2 rings (SSSR count). The van der Waals surface area contributed by atoms with Crippen LogP contribution in [-0.4, -0.2) is 23.1 Å². The molecule has 0 aliphatic rings. The molecule has 0 radical (unpaired) electrons. The highest BCUT2D eigenvalue weighted by molar-refractivity contribution is 5.39. The SMILES string of the molecule is CCNc1cc(C)nc(COc2ccccc2OCC)n1. The van der Waals surface area contributed by atoms with Crippen LogP contribution in [0.15, 0.2) is 30.3 Å². The molecular weight excluding hydrogens is 266 g/mol. The molecule has 1 N–H and O–H groups in total. The Hall–Kier alpha value is -2.30. The van der Waals surface area contributed by atoms with Crippen molar-refractivity contribution < 1.29 is 9.47 Å². The Kier molecular flexibility index (Phi) is 5.37. The molecule has 0 unspecified atom stereocenters. The Morgan fingerprint density at radius 2 is 1.76 bits per heavy atom. The molecule has 0 amide bonds. The Morgan fingerprint density at radius 1 is 1.05 bits per heavy atom. The van der Waals surface area contributed by atoms with E-state index >= 15 is 0 Å². The van der Waals surface area contributed by atoms with Crippen LogP contribution in [0.25, 0.3) is 0 Å². The molecule has 112 valence electrons. The third-order valence-corrected chi connectivity index (χ3v) is 2.76. The van der Waals surface area contributed by atoms with E-state index in [1.807, 2.05) is 51.1 Å². The summed E-state index contributed by atoms with van der Waals surface area (Å²) in [5.41, 5.74) is 0.914. The van der Waals surface area contributed by atoms with Crippen LogP contribution in [0, 0.1) is 6.92 Å². The van der Waals surface area contributed by atoms with Crippen LogP contribution in [0.3, 0.4) is 0 Å². The number of anilines is 1. The number of nitrogens with zero attached hydrogens (tertiary/aromatic N) is 2. The zero-order chi connectivity index (χ0) is 15.1. The normalized spacial score (nSPS) is 10.2. The van der Waals surface area contributed by atoms with Crippen LogP contribution in [0.2, 0.25) is 0 Å². The Bertz CT molecular complexity index is 587. The summed E-state index contributed by atoms with van der Waals surface area (Å²) in [6, 6.07) is 9.52. The van der Waals surface area contributed by atoms with Gasteiger partial charge in [-0.1, -0.05) is 12.1 Å². The molecule has 0 spiro atoms. The largest absolute Gasteiger partial charge is 0.490 e. The van der Waals surface area contributed by atoms with Gasteiger partial charge in [0.05, 0.1) is 6.61 Å². The van der Waals surface area contributed by atoms with Crippen molar-refractivity contribution in [1.29, 1.82) is 0 Å². The summed E-state index contributed by atoms with van der Waals surface area (Å²) >= 11 is 0. The van der Waals surface area contributed by atoms with E-state index in [1.165, 1.54) is 0 Å². The number of rotatable bonds is 7. The molecule has 0 bridgehead atoms. The van der Waals surface area contributed by atoms with Gasteiger partial charge in [0.15, 0.2) is 17.3 Å². The Labute approximate surface area is 125 Å². The van der Waals surface area contributed by atoms with Crippen LogP contribution < -0.4 is 14.8 Å². The van der Waals surface area contributed by atoms with Gasteiger partial charge >= 0.3 is 0 Å². The van der Waals surface area contributed by atoms with E-state index in [0.717, 1.165) is 23.8 Å². The second-order valence-corrected chi connectivity index (χ2v) is 4.51. The summed E-state index contributed by atoms with van der Waals surface area (Å²) in [5, 5.41) is 3.19. The number of hydrogen-bond donors (Lipinski definition) is 1. The lowest BCUT2D eigenvalue weighted by Crippen LogP contribution is -2.07. The molecule has 1 aromatic carbocycles. The fraction of sp³-hybridized carbons (Fsp3) is 0.375. The molecule has 1 aromatic heterocycles. The lowest BCUT2D eigenvalue weighted by molar-refractivity contribution is 0.263. The van der Waals surface area contributed by atoms with Gasteiger partial charge in [0.1, 0.15) is 12.4 Å². The average Bonchev–Trinajstić information content (AvgIpc) is 2.46. The van der Waals surface area contributed by atoms with Gasteiger partial charge in [-0.2, -0.15) is 0 Å². The van der Waals surface area contributed by atoms with Crippen molar-refractivity contribution in [2.75, 3.05) is 18.5 Å². The molecular formula is C16H21N3O2. The van der Waals surface area contributed by atoms with Crippen LogP contribution in [0.5, 0.6) is 11.5 Å². The number of benzene rings is 1. The van der Waals surface area contributed by atoms with Gasteiger partial charge in [0.25, 0.3) is 0 Å². The van der Waals surface area contributed by atoms with E-state index in [0.29, 0.717) is 24.8 Å². The van der Waals surface area contributed by atoms with Crippen molar-refractivity contribution in [3.8, 4) is 11.5 Å². The second-order valence-electron chi connectivity index (χ2n) is 4.51. The zero-order valence-electron chi connectivity index (χ0n) is 12.7. The lowest BCUT2D eigenvalue weighted by Gasteiger charge is -2.12. The van der Waals surface area contributed by atoms with Crippen LogP contribution in [0.1, 0.15) is 25.4 Å². The van der Waals surface area contributed by atoms with E-state index < -0.39 is 0 Å². The first kappa shape index (κ1) is 15.1. The molecule has 0 saturated carbocycles. The van der Waals surface area contributed by atoms with Gasteiger partial charge in [-0.05, 0) is 32.9 Å². The Morgan fingerprint density at radius 3 is 2.43 bits per heavy atom. The quantitative estimate of drug-likeness (QED) is 0.847. The topological polar surface area (TPSA) is 56.3 Å². The van der Waals surface area contributed by atoms with E-state index in [2.05, 4.69) is 15.3 Å². The monoisotopic (exact) mass is 287 g/mol. The zero-order valence-corrected chi connectivity index (χ0v) is 12.7. The maximum Gasteiger partial charge on any atom is 0.168 e. The summed E-state index contributed by atoms with van der Waals surface area (Å²) in [5.74, 6) is 2.91. The highest BCUT2D eigenvalue weighted by Crippen LogP contribution is 2.26. The number of para-hydroxylation sites is 2. The summed E-state index contributed by atoms with van der Waals surface area (Å²) in [4.78, 5) is 8.82. The average molecular weight is 287 g/mol. The first-order chi connectivity index (χ1) is 10.2. The summed E-state index contributed by atoms with van der Waals surface area (Å²) in [7, 11) is 0. The maximum absolute atomic E-state index is 5.79. The van der Waals surface area contributed by atoms with Gasteiger partial charge in [-0.3, -0.25) is 0 Å². The molecule has 0 atom stereocenters. The third-order valence-electron chi connectivity index (χ3n) is 2.76.